The molecule has 2 aromatic carbocycles. The first kappa shape index (κ1) is 28.5. The highest BCUT2D eigenvalue weighted by atomic mass is 16.3. The fourth-order valence-corrected chi connectivity index (χ4v) is 4.53. The van der Waals surface area contributed by atoms with Gasteiger partial charge < -0.3 is 16.2 Å². The van der Waals surface area contributed by atoms with Gasteiger partial charge in [0.2, 0.25) is 11.8 Å². The number of benzene rings is 2. The van der Waals surface area contributed by atoms with Crippen LogP contribution < -0.4 is 11.1 Å². The van der Waals surface area contributed by atoms with Crippen LogP contribution >= 0.6 is 0 Å². The molecule has 0 aliphatic heterocycles. The number of aryl methyl sites for hydroxylation is 1. The zero-order valence-electron chi connectivity index (χ0n) is 23.3. The summed E-state index contributed by atoms with van der Waals surface area (Å²) >= 11 is 0. The van der Waals surface area contributed by atoms with Crippen LogP contribution in [0.2, 0.25) is 0 Å². The first-order chi connectivity index (χ1) is 19.1. The van der Waals surface area contributed by atoms with Gasteiger partial charge in [0.05, 0.1) is 11.4 Å². The van der Waals surface area contributed by atoms with Gasteiger partial charge in [0.15, 0.2) is 0 Å². The van der Waals surface area contributed by atoms with Crippen LogP contribution in [0.5, 0.6) is 5.75 Å². The topological polar surface area (TPSA) is 123 Å². The van der Waals surface area contributed by atoms with E-state index in [4.69, 9.17) is 10.8 Å². The third kappa shape index (κ3) is 7.56. The Balaban J connectivity index is 1.40. The van der Waals surface area contributed by atoms with Crippen LogP contribution in [0.15, 0.2) is 79.1 Å². The number of phenols is 1. The van der Waals surface area contributed by atoms with Gasteiger partial charge in [0.25, 0.3) is 0 Å². The zero-order chi connectivity index (χ0) is 28.7. The molecule has 2 heterocycles. The Bertz CT molecular complexity index is 1420. The van der Waals surface area contributed by atoms with Crippen LogP contribution in [0, 0.1) is 0 Å². The minimum atomic E-state index is -0.809. The van der Waals surface area contributed by atoms with Gasteiger partial charge in [0.1, 0.15) is 11.8 Å². The molecule has 0 radical (unpaired) electrons. The molecule has 4 N–H and O–H groups in total. The van der Waals surface area contributed by atoms with Gasteiger partial charge in [-0.25, -0.2) is 4.68 Å². The van der Waals surface area contributed by atoms with E-state index in [0.29, 0.717) is 6.42 Å². The fourth-order valence-electron chi connectivity index (χ4n) is 4.53. The highest BCUT2D eigenvalue weighted by Gasteiger charge is 2.19. The summed E-state index contributed by atoms with van der Waals surface area (Å²) in [6, 6.07) is 20.1. The molecule has 8 nitrogen and oxygen atoms in total. The Labute approximate surface area is 235 Å². The van der Waals surface area contributed by atoms with Crippen LogP contribution in [0.1, 0.15) is 56.9 Å². The average Bonchev–Trinajstić information content (AvgIpc) is 3.36. The molecule has 2 aromatic heterocycles. The summed E-state index contributed by atoms with van der Waals surface area (Å²) in [5.74, 6) is -0.671. The lowest BCUT2D eigenvalue weighted by Crippen LogP contribution is -2.45. The zero-order valence-corrected chi connectivity index (χ0v) is 23.3. The first-order valence-electron chi connectivity index (χ1n) is 13.6. The summed E-state index contributed by atoms with van der Waals surface area (Å²) in [5, 5.41) is 17.1. The highest BCUT2D eigenvalue weighted by Crippen LogP contribution is 2.26. The number of unbranched alkanes of at least 4 members (excludes halogenated alkanes) is 1. The van der Waals surface area contributed by atoms with Crippen LogP contribution in [0.3, 0.4) is 0 Å². The molecule has 0 saturated carbocycles. The number of nitrogens with zero attached hydrogens (tertiary/aromatic N) is 3. The van der Waals surface area contributed by atoms with E-state index >= 15 is 0 Å². The monoisotopic (exact) mass is 539 g/mol. The summed E-state index contributed by atoms with van der Waals surface area (Å²) in [4.78, 5) is 28.8. The Hall–Kier alpha value is -4.46. The summed E-state index contributed by atoms with van der Waals surface area (Å²) in [6.07, 6.45) is 6.24. The Morgan fingerprint density at radius 3 is 2.38 bits per heavy atom. The van der Waals surface area contributed by atoms with Gasteiger partial charge in [-0.3, -0.25) is 14.6 Å². The van der Waals surface area contributed by atoms with Crippen molar-refractivity contribution in [3.63, 3.8) is 0 Å². The second-order valence-electron chi connectivity index (χ2n) is 11.1. The number of hydrogen-bond donors (Lipinski definition) is 3. The number of carbonyl (C=O) groups excluding carboxylic acids is 2. The van der Waals surface area contributed by atoms with E-state index in [2.05, 4.69) is 61.4 Å². The lowest BCUT2D eigenvalue weighted by atomic mass is 9.87. The number of rotatable bonds is 11. The third-order valence-corrected chi connectivity index (χ3v) is 6.86. The number of carbonyl (C=O) groups is 2. The molecule has 0 aliphatic carbocycles. The summed E-state index contributed by atoms with van der Waals surface area (Å²) in [6.45, 7) is 6.57. The molecule has 0 unspecified atom stereocenters. The van der Waals surface area contributed by atoms with E-state index in [0.717, 1.165) is 41.0 Å². The minimum Gasteiger partial charge on any atom is -0.508 e. The quantitative estimate of drug-likeness (QED) is 0.235. The van der Waals surface area contributed by atoms with Gasteiger partial charge in [-0.2, -0.15) is 5.10 Å². The number of nitrogens with one attached hydrogen (secondary N) is 1. The SMILES string of the molecule is CC(C)(C)c1ccc(-n2nc(-c3cccnc3)cc2CCCCC(=O)N[C@@H](Cc2ccc(O)cc2)C(N)=O)cc1. The van der Waals surface area contributed by atoms with Crippen molar-refractivity contribution in [2.45, 2.75) is 64.3 Å². The molecular weight excluding hydrogens is 502 g/mol. The largest absolute Gasteiger partial charge is 0.508 e. The number of hydrogen-bond acceptors (Lipinski definition) is 5. The fraction of sp³-hybridized carbons (Fsp3) is 0.312. The van der Waals surface area contributed by atoms with Crippen LogP contribution in [-0.4, -0.2) is 37.7 Å². The van der Waals surface area contributed by atoms with E-state index in [1.807, 2.05) is 16.8 Å². The molecule has 0 fully saturated rings. The number of primary amides is 1. The molecule has 208 valence electrons. The number of aromatic nitrogens is 3. The van der Waals surface area contributed by atoms with Crippen molar-refractivity contribution in [3.8, 4) is 22.7 Å². The molecule has 4 aromatic rings. The molecule has 1 atom stereocenters. The smallest absolute Gasteiger partial charge is 0.240 e. The van der Waals surface area contributed by atoms with Gasteiger partial charge in [-0.1, -0.05) is 45.0 Å². The Morgan fingerprint density at radius 2 is 1.75 bits per heavy atom. The summed E-state index contributed by atoms with van der Waals surface area (Å²) < 4.78 is 1.97. The lowest BCUT2D eigenvalue weighted by molar-refractivity contribution is -0.127. The summed E-state index contributed by atoms with van der Waals surface area (Å²) in [5.41, 5.74) is 11.5. The van der Waals surface area contributed by atoms with E-state index in [-0.39, 0.29) is 29.9 Å². The third-order valence-electron chi connectivity index (χ3n) is 6.86. The molecular formula is C32H37N5O3. The molecule has 0 spiro atoms. The van der Waals surface area contributed by atoms with E-state index in [1.54, 1.807) is 36.7 Å². The van der Waals surface area contributed by atoms with Crippen molar-refractivity contribution in [2.24, 2.45) is 5.73 Å². The molecule has 0 bridgehead atoms. The van der Waals surface area contributed by atoms with Gasteiger partial charge in [-0.15, -0.1) is 0 Å². The maximum Gasteiger partial charge on any atom is 0.240 e. The molecule has 0 aliphatic rings. The Kier molecular flexibility index (Phi) is 8.99. The number of amides is 2. The molecule has 40 heavy (non-hydrogen) atoms. The second kappa shape index (κ2) is 12.6. The van der Waals surface area contributed by atoms with Crippen molar-refractivity contribution in [2.75, 3.05) is 0 Å². The predicted molar refractivity (Wildman–Crippen MR) is 156 cm³/mol. The van der Waals surface area contributed by atoms with Crippen molar-refractivity contribution >= 4 is 11.8 Å². The number of aromatic hydroxyl groups is 1. The van der Waals surface area contributed by atoms with Crippen LogP contribution in [-0.2, 0) is 27.8 Å². The van der Waals surface area contributed by atoms with Gasteiger partial charge in [-0.05, 0) is 78.3 Å². The van der Waals surface area contributed by atoms with Crippen molar-refractivity contribution < 1.29 is 14.7 Å². The van der Waals surface area contributed by atoms with E-state index in [9.17, 15) is 14.7 Å². The minimum absolute atomic E-state index is 0.0600. The van der Waals surface area contributed by atoms with Crippen molar-refractivity contribution in [1.82, 2.24) is 20.1 Å². The van der Waals surface area contributed by atoms with Crippen LogP contribution in [0.4, 0.5) is 0 Å². The first-order valence-corrected chi connectivity index (χ1v) is 13.6. The lowest BCUT2D eigenvalue weighted by Gasteiger charge is -2.19. The molecule has 8 heteroatoms. The molecule has 2 amide bonds. The maximum atomic E-state index is 12.6. The summed E-state index contributed by atoms with van der Waals surface area (Å²) in [7, 11) is 0. The predicted octanol–water partition coefficient (Wildman–Crippen LogP) is 4.86. The van der Waals surface area contributed by atoms with Gasteiger partial charge >= 0.3 is 0 Å². The standard InChI is InChI=1S/C32H37N5O3/c1-32(2,3)24-12-14-25(15-13-24)37-26(20-28(36-37)23-7-6-18-34-21-23)8-4-5-9-30(39)35-29(31(33)40)19-22-10-16-27(38)17-11-22/h6-7,10-18,20-21,29,38H,4-5,8-9,19H2,1-3H3,(H2,33,40)(H,35,39)/t29-/m0/s1. The van der Waals surface area contributed by atoms with Crippen LogP contribution in [0.25, 0.3) is 16.9 Å². The number of nitrogens with two attached hydrogens (primary N) is 1. The van der Waals surface area contributed by atoms with Crippen molar-refractivity contribution in [1.29, 1.82) is 0 Å². The van der Waals surface area contributed by atoms with E-state index < -0.39 is 11.9 Å². The number of pyridine rings is 1. The Morgan fingerprint density at radius 1 is 1.02 bits per heavy atom. The number of phenolic OH excluding ortho intramolecular Hbond substituents is 1. The second-order valence-corrected chi connectivity index (χ2v) is 11.1. The molecule has 4 rings (SSSR count). The molecule has 0 saturated heterocycles. The average molecular weight is 540 g/mol. The van der Waals surface area contributed by atoms with Crippen molar-refractivity contribution in [3.05, 3.63) is 95.9 Å². The maximum absolute atomic E-state index is 12.6. The van der Waals surface area contributed by atoms with E-state index in [1.165, 1.54) is 5.56 Å². The normalized spacial score (nSPS) is 12.2. The highest BCUT2D eigenvalue weighted by molar-refractivity contribution is 5.86. The van der Waals surface area contributed by atoms with Gasteiger partial charge in [0, 0.05) is 36.5 Å².